The normalized spacial score (nSPS) is 25.5. The number of ether oxygens (including phenoxy) is 8. The first-order valence-electron chi connectivity index (χ1n) is 41.5. The number of hydrogen-bond acceptors (Lipinski definition) is 22. The molecule has 132 heavy (non-hydrogen) atoms. The number of amides is 2. The van der Waals surface area contributed by atoms with Gasteiger partial charge < -0.3 is 48.5 Å². The number of fused-ring (bicyclic) bond motifs is 12. The van der Waals surface area contributed by atoms with Gasteiger partial charge in [0.1, 0.15) is 42.3 Å². The molecule has 0 spiro atoms. The Morgan fingerprint density at radius 1 is 0.356 bits per heavy atom. The van der Waals surface area contributed by atoms with Gasteiger partial charge in [0, 0.05) is 123 Å². The first-order valence-corrected chi connectivity index (χ1v) is 51.9. The standard InChI is InChI=1S/C23H25ClF2N2O6S2.C22H24ClF2NO6S2.2C21H20ClF2NO5S/c24-15-3-5-16(6-4-15)35(29,30)23-9-12-33-20(13-27-36(31,32)28-10-1-2-11-28)17(23)14-34-22-19(26)8-7-18(25)21(22)23;1-13(2)34(29,30)26-11-19-16-12-32-21-18(25)8-7-17(24)20(21)22(16,9-10-31-19)33(27,28)15-5-3-14(23)4-6-15;2*1-12(26)25-10-18-15-11-30-20-17(24)7-6-16(23)19(20)21(15,8-9-29-18)31(27,28)14-4-2-13(22)3-5-14/h3-8,17,20,27H,1-2,9-14H2;3-8,13,16,19,26H,9-12H2,1-2H3;2*2-7,15,18H,8-11H2,1H3,(H,25,26)/t17-,20-,23-;16-,19-,22-;2*15-,18-,21-/m0000/s1. The van der Waals surface area contributed by atoms with Gasteiger partial charge in [-0.15, -0.1) is 0 Å². The highest BCUT2D eigenvalue weighted by molar-refractivity contribution is 7.93. The summed E-state index contributed by atoms with van der Waals surface area (Å²) in [5.41, 5.74) is -1.48. The summed E-state index contributed by atoms with van der Waals surface area (Å²) in [6.45, 7) is 4.59. The van der Waals surface area contributed by atoms with Crippen molar-refractivity contribution in [2.45, 2.75) is 134 Å². The maximum absolute atomic E-state index is 15.4. The van der Waals surface area contributed by atoms with E-state index in [2.05, 4.69) is 20.1 Å². The Morgan fingerprint density at radius 2 is 0.583 bits per heavy atom. The summed E-state index contributed by atoms with van der Waals surface area (Å²) < 4.78 is 327. The van der Waals surface area contributed by atoms with Crippen LogP contribution in [0.4, 0.5) is 35.1 Å². The molecule has 9 aliphatic rings. The molecule has 8 aromatic carbocycles. The summed E-state index contributed by atoms with van der Waals surface area (Å²) in [7, 11) is -24.8. The molecule has 0 radical (unpaired) electrons. The molecule has 17 rings (SSSR count). The lowest BCUT2D eigenvalue weighted by atomic mass is 9.76. The van der Waals surface area contributed by atoms with Crippen molar-refractivity contribution in [2.24, 2.45) is 23.7 Å². The Kier molecular flexibility index (Phi) is 29.7. The van der Waals surface area contributed by atoms with Crippen LogP contribution >= 0.6 is 46.4 Å². The Bertz CT molecular complexity index is 6280. The number of rotatable bonds is 20. The zero-order valence-corrected chi connectivity index (χ0v) is 78.5. The number of halogens is 12. The number of sulfone groups is 4. The number of carbonyl (C=O) groups excluding carboxylic acids is 2. The highest BCUT2D eigenvalue weighted by Crippen LogP contribution is 2.61. The van der Waals surface area contributed by atoms with Crippen molar-refractivity contribution >= 4 is 118 Å². The molecule has 45 heteroatoms. The zero-order chi connectivity index (χ0) is 95.4. The van der Waals surface area contributed by atoms with E-state index < -0.39 is 213 Å². The van der Waals surface area contributed by atoms with E-state index in [-0.39, 0.29) is 147 Å². The van der Waals surface area contributed by atoms with Gasteiger partial charge in [-0.25, -0.2) is 81.9 Å². The summed E-state index contributed by atoms with van der Waals surface area (Å²) in [5.74, 6) is -13.3. The Hall–Kier alpha value is -8.08. The van der Waals surface area contributed by atoms with E-state index in [0.29, 0.717) is 33.2 Å². The van der Waals surface area contributed by atoms with Crippen molar-refractivity contribution in [2.75, 3.05) is 92.1 Å². The van der Waals surface area contributed by atoms with Crippen LogP contribution in [-0.4, -0.2) is 188 Å². The quantitative estimate of drug-likeness (QED) is 0.0515. The van der Waals surface area contributed by atoms with E-state index in [0.717, 1.165) is 61.4 Å². The second-order valence-corrected chi connectivity index (χ2v) is 47.6. The van der Waals surface area contributed by atoms with Gasteiger partial charge in [-0.05, 0) is 198 Å². The summed E-state index contributed by atoms with van der Waals surface area (Å²) in [6.07, 6.45) is -2.56. The van der Waals surface area contributed by atoms with Crippen LogP contribution in [0, 0.1) is 70.2 Å². The molecule has 0 unspecified atom stereocenters. The summed E-state index contributed by atoms with van der Waals surface area (Å²) in [5, 5.41) is 5.81. The molecule has 5 fully saturated rings. The van der Waals surface area contributed by atoms with E-state index in [1.54, 1.807) is 0 Å². The van der Waals surface area contributed by atoms with E-state index in [1.165, 1.54) is 129 Å². The monoisotopic (exact) mass is 2040 g/mol. The van der Waals surface area contributed by atoms with Crippen LogP contribution in [-0.2, 0) is 107 Å². The fourth-order valence-electron chi connectivity index (χ4n) is 19.1. The Balaban J connectivity index is 0.000000142. The SMILES string of the molecule is CC(=O)NC[C@@H]1OCC[C@@]2(S(=O)(=O)c3ccc(Cl)cc3)c3c(F)ccc(F)c3OC[C@@H]12.CC(=O)NC[C@@H]1OCC[C@@]2(S(=O)(=O)c3ccc(Cl)cc3)c3c(F)ccc(F)c3OC[C@@H]12.CC(C)S(=O)(=O)NC[C@@H]1OCC[C@@]2(S(=O)(=O)c3ccc(Cl)cc3)c3c(F)ccc(F)c3OC[C@@H]12.O=S(=O)(NC[C@@H]1OCC[C@@]2(S(=O)(=O)c3ccc(Cl)cc3)c3c(F)ccc(F)c3OC[C@@H]12)N1CCCC1. The summed E-state index contributed by atoms with van der Waals surface area (Å²) in [4.78, 5) is 22.5. The minimum Gasteiger partial charge on any atom is -0.490 e. The number of nitrogens with one attached hydrogen (secondary N) is 4. The molecule has 0 bridgehead atoms. The second kappa shape index (κ2) is 39.2. The maximum atomic E-state index is 15.4. The van der Waals surface area contributed by atoms with Gasteiger partial charge >= 0.3 is 0 Å². The third-order valence-corrected chi connectivity index (χ3v) is 40.1. The molecular formula is C87H89Cl4F8N5O22S6. The molecule has 12 atom stereocenters. The minimum atomic E-state index is -4.37. The number of hydrogen-bond donors (Lipinski definition) is 4. The van der Waals surface area contributed by atoms with E-state index in [1.807, 2.05) is 0 Å². The largest absolute Gasteiger partial charge is 0.490 e. The Labute approximate surface area is 777 Å². The predicted molar refractivity (Wildman–Crippen MR) is 467 cm³/mol. The molecule has 4 N–H and O–H groups in total. The molecule has 714 valence electrons. The number of benzene rings is 8. The fraction of sp³-hybridized carbons (Fsp3) is 0.425. The van der Waals surface area contributed by atoms with Crippen molar-refractivity contribution in [1.29, 1.82) is 0 Å². The van der Waals surface area contributed by atoms with E-state index in [9.17, 15) is 77.7 Å². The molecule has 0 aliphatic carbocycles. The van der Waals surface area contributed by atoms with Gasteiger partial charge in [0.05, 0.1) is 97.9 Å². The molecule has 2 amide bonds. The number of carbonyl (C=O) groups is 2. The summed E-state index contributed by atoms with van der Waals surface area (Å²) >= 11 is 23.7. The van der Waals surface area contributed by atoms with Crippen LogP contribution in [0.15, 0.2) is 165 Å². The maximum Gasteiger partial charge on any atom is 0.279 e. The van der Waals surface area contributed by atoms with Crippen LogP contribution in [0.2, 0.25) is 20.1 Å². The van der Waals surface area contributed by atoms with Crippen LogP contribution in [0.3, 0.4) is 0 Å². The zero-order valence-electron chi connectivity index (χ0n) is 70.6. The van der Waals surface area contributed by atoms with Crippen molar-refractivity contribution < 1.29 is 133 Å². The molecule has 0 aromatic heterocycles. The van der Waals surface area contributed by atoms with Crippen LogP contribution in [0.25, 0.3) is 0 Å². The average Bonchev–Trinajstić information content (AvgIpc) is 0.907. The number of nitrogens with zero attached hydrogens (tertiary/aromatic N) is 1. The smallest absolute Gasteiger partial charge is 0.279 e. The minimum absolute atomic E-state index is 0.00746. The number of sulfonamides is 1. The average molecular weight is 2040 g/mol. The first kappa shape index (κ1) is 99.9. The van der Waals surface area contributed by atoms with Crippen LogP contribution < -0.4 is 39.0 Å². The van der Waals surface area contributed by atoms with Crippen molar-refractivity contribution in [3.05, 3.63) is 234 Å². The molecule has 5 saturated heterocycles. The third-order valence-electron chi connectivity index (χ3n) is 25.5. The lowest BCUT2D eigenvalue weighted by Gasteiger charge is -2.50. The lowest BCUT2D eigenvalue weighted by Crippen LogP contribution is -2.60. The van der Waals surface area contributed by atoms with Gasteiger partial charge in [-0.2, -0.15) is 17.4 Å². The fourth-order valence-corrected chi connectivity index (χ4v) is 31.0. The van der Waals surface area contributed by atoms with Crippen LogP contribution in [0.1, 0.15) is 88.5 Å². The molecular weight excluding hydrogens is 1950 g/mol. The van der Waals surface area contributed by atoms with Gasteiger partial charge in [0.25, 0.3) is 10.2 Å². The molecule has 8 aromatic rings. The Morgan fingerprint density at radius 3 is 0.818 bits per heavy atom. The molecule has 9 heterocycles. The highest BCUT2D eigenvalue weighted by atomic mass is 35.5. The molecule has 27 nitrogen and oxygen atoms in total. The van der Waals surface area contributed by atoms with E-state index in [4.69, 9.17) is 84.3 Å². The van der Waals surface area contributed by atoms with Crippen molar-refractivity contribution in [1.82, 2.24) is 24.4 Å². The topological polar surface area (TPSA) is 364 Å². The van der Waals surface area contributed by atoms with Gasteiger partial charge in [0.15, 0.2) is 85.6 Å². The molecule has 9 aliphatic heterocycles. The highest BCUT2D eigenvalue weighted by Gasteiger charge is 2.67. The lowest BCUT2D eigenvalue weighted by molar-refractivity contribution is -0.122. The molecule has 0 saturated carbocycles. The third kappa shape index (κ3) is 18.2. The first-order chi connectivity index (χ1) is 62.4. The van der Waals surface area contributed by atoms with Gasteiger partial charge in [-0.1, -0.05) is 46.4 Å². The van der Waals surface area contributed by atoms with Crippen molar-refractivity contribution in [3.63, 3.8) is 0 Å². The predicted octanol–water partition coefficient (Wildman–Crippen LogP) is 12.9. The van der Waals surface area contributed by atoms with Gasteiger partial charge in [-0.3, -0.25) is 9.59 Å². The van der Waals surface area contributed by atoms with Crippen molar-refractivity contribution in [3.8, 4) is 23.0 Å². The second-order valence-electron chi connectivity index (χ2n) is 32.9. The van der Waals surface area contributed by atoms with E-state index >= 15 is 17.6 Å². The summed E-state index contributed by atoms with van der Waals surface area (Å²) in [6, 6.07) is 29.1. The van der Waals surface area contributed by atoms with Gasteiger partial charge in [0.2, 0.25) is 21.8 Å². The van der Waals surface area contributed by atoms with Crippen LogP contribution in [0.5, 0.6) is 23.0 Å².